The molecule has 1 aromatic carbocycles. The zero-order valence-corrected chi connectivity index (χ0v) is 10.8. The molecule has 0 spiro atoms. The highest BCUT2D eigenvalue weighted by atomic mass is 19.4. The van der Waals surface area contributed by atoms with E-state index in [9.17, 15) is 18.0 Å². The molecule has 0 aromatic heterocycles. The van der Waals surface area contributed by atoms with Crippen molar-refractivity contribution >= 4 is 11.6 Å². The number of para-hydroxylation sites is 1. The quantitative estimate of drug-likeness (QED) is 0.874. The maximum Gasteiger partial charge on any atom is 0.405 e. The Morgan fingerprint density at radius 1 is 1.40 bits per heavy atom. The van der Waals surface area contributed by atoms with Gasteiger partial charge in [-0.2, -0.15) is 13.2 Å². The van der Waals surface area contributed by atoms with E-state index in [1.165, 1.54) is 0 Å². The van der Waals surface area contributed by atoms with E-state index in [0.29, 0.717) is 13.0 Å². The molecule has 1 heterocycles. The van der Waals surface area contributed by atoms with Crippen LogP contribution in [0.1, 0.15) is 5.56 Å². The average molecular weight is 287 g/mol. The Morgan fingerprint density at radius 2 is 2.10 bits per heavy atom. The normalized spacial score (nSPS) is 18.6. The van der Waals surface area contributed by atoms with E-state index in [-0.39, 0.29) is 12.6 Å². The summed E-state index contributed by atoms with van der Waals surface area (Å²) in [5, 5.41) is 1.87. The van der Waals surface area contributed by atoms with E-state index in [1.807, 2.05) is 29.6 Å². The number of halogens is 3. The largest absolute Gasteiger partial charge is 0.405 e. The number of carbonyl (C=O) groups is 1. The van der Waals surface area contributed by atoms with Crippen LogP contribution in [-0.2, 0) is 11.2 Å². The highest BCUT2D eigenvalue weighted by Gasteiger charge is 2.29. The first-order valence-electron chi connectivity index (χ1n) is 6.27. The second kappa shape index (κ2) is 5.70. The number of amides is 1. The fraction of sp³-hybridized carbons (Fsp3) is 0.462. The molecule has 1 aliphatic heterocycles. The van der Waals surface area contributed by atoms with Gasteiger partial charge in [-0.15, -0.1) is 0 Å². The lowest BCUT2D eigenvalue weighted by Crippen LogP contribution is -2.48. The molecule has 0 saturated heterocycles. The zero-order valence-electron chi connectivity index (χ0n) is 10.8. The van der Waals surface area contributed by atoms with Gasteiger partial charge in [0.05, 0.1) is 6.54 Å². The summed E-state index contributed by atoms with van der Waals surface area (Å²) in [4.78, 5) is 13.3. The number of alkyl halides is 3. The Balaban J connectivity index is 2.01. The van der Waals surface area contributed by atoms with Crippen molar-refractivity contribution in [3.05, 3.63) is 29.8 Å². The molecule has 1 aromatic rings. The monoisotopic (exact) mass is 287 g/mol. The molecule has 7 heteroatoms. The molecule has 3 N–H and O–H groups in total. The van der Waals surface area contributed by atoms with Crippen LogP contribution in [0.25, 0.3) is 0 Å². The first kappa shape index (κ1) is 14.6. The molecular weight excluding hydrogens is 271 g/mol. The van der Waals surface area contributed by atoms with Crippen molar-refractivity contribution in [2.75, 3.05) is 24.5 Å². The SMILES string of the molecule is NC1Cc2ccccc2N(CC(=O)NCC(F)(F)F)C1. The van der Waals surface area contributed by atoms with E-state index in [0.717, 1.165) is 11.3 Å². The van der Waals surface area contributed by atoms with Crippen molar-refractivity contribution in [3.8, 4) is 0 Å². The van der Waals surface area contributed by atoms with Crippen molar-refractivity contribution in [1.29, 1.82) is 0 Å². The molecule has 0 saturated carbocycles. The maximum absolute atomic E-state index is 12.0. The van der Waals surface area contributed by atoms with Crippen molar-refractivity contribution < 1.29 is 18.0 Å². The van der Waals surface area contributed by atoms with E-state index in [1.54, 1.807) is 4.90 Å². The van der Waals surface area contributed by atoms with Gasteiger partial charge in [0.15, 0.2) is 0 Å². The highest BCUT2D eigenvalue weighted by molar-refractivity contribution is 5.82. The topological polar surface area (TPSA) is 58.4 Å². The first-order chi connectivity index (χ1) is 9.35. The summed E-state index contributed by atoms with van der Waals surface area (Å²) >= 11 is 0. The van der Waals surface area contributed by atoms with Crippen molar-refractivity contribution in [2.45, 2.75) is 18.6 Å². The van der Waals surface area contributed by atoms with Crippen LogP contribution in [0.15, 0.2) is 24.3 Å². The lowest BCUT2D eigenvalue weighted by atomic mass is 9.98. The predicted molar refractivity (Wildman–Crippen MR) is 69.4 cm³/mol. The Bertz CT molecular complexity index is 490. The van der Waals surface area contributed by atoms with Crippen LogP contribution in [-0.4, -0.2) is 37.8 Å². The second-order valence-corrected chi connectivity index (χ2v) is 4.87. The van der Waals surface area contributed by atoms with Crippen LogP contribution in [0.5, 0.6) is 0 Å². The van der Waals surface area contributed by atoms with Crippen LogP contribution in [0.2, 0.25) is 0 Å². The van der Waals surface area contributed by atoms with Crippen molar-refractivity contribution in [2.24, 2.45) is 5.73 Å². The Labute approximate surface area is 114 Å². The third-order valence-electron chi connectivity index (χ3n) is 3.09. The molecule has 0 bridgehead atoms. The van der Waals surface area contributed by atoms with E-state index < -0.39 is 18.6 Å². The summed E-state index contributed by atoms with van der Waals surface area (Å²) in [6, 6.07) is 7.34. The van der Waals surface area contributed by atoms with Crippen LogP contribution in [0, 0.1) is 0 Å². The molecule has 0 aliphatic carbocycles. The summed E-state index contributed by atoms with van der Waals surface area (Å²) in [5.74, 6) is -0.661. The van der Waals surface area contributed by atoms with Crippen LogP contribution in [0.3, 0.4) is 0 Å². The van der Waals surface area contributed by atoms with Gasteiger partial charge in [0, 0.05) is 18.3 Å². The molecule has 0 radical (unpaired) electrons. The highest BCUT2D eigenvalue weighted by Crippen LogP contribution is 2.25. The molecule has 110 valence electrons. The summed E-state index contributed by atoms with van der Waals surface area (Å²) < 4.78 is 36.1. The molecule has 1 atom stereocenters. The molecule has 1 amide bonds. The number of hydrogen-bond donors (Lipinski definition) is 2. The minimum atomic E-state index is -4.40. The maximum atomic E-state index is 12.0. The van der Waals surface area contributed by atoms with Crippen LogP contribution < -0.4 is 16.0 Å². The fourth-order valence-corrected chi connectivity index (χ4v) is 2.30. The van der Waals surface area contributed by atoms with Gasteiger partial charge in [-0.05, 0) is 18.1 Å². The molecule has 0 fully saturated rings. The molecule has 20 heavy (non-hydrogen) atoms. The number of hydrogen-bond acceptors (Lipinski definition) is 3. The molecule has 4 nitrogen and oxygen atoms in total. The molecule has 1 unspecified atom stereocenters. The molecular formula is C13H16F3N3O. The van der Waals surface area contributed by atoms with E-state index in [2.05, 4.69) is 0 Å². The Hall–Kier alpha value is -1.76. The number of benzene rings is 1. The van der Waals surface area contributed by atoms with Gasteiger partial charge in [0.1, 0.15) is 6.54 Å². The molecule has 1 aliphatic rings. The third-order valence-corrected chi connectivity index (χ3v) is 3.09. The van der Waals surface area contributed by atoms with Gasteiger partial charge in [-0.1, -0.05) is 18.2 Å². The Morgan fingerprint density at radius 3 is 2.80 bits per heavy atom. The number of fused-ring (bicyclic) bond motifs is 1. The lowest BCUT2D eigenvalue weighted by molar-refractivity contribution is -0.137. The van der Waals surface area contributed by atoms with Crippen LogP contribution in [0.4, 0.5) is 18.9 Å². The predicted octanol–water partition coefficient (Wildman–Crippen LogP) is 1.05. The molecule has 2 rings (SSSR count). The van der Waals surface area contributed by atoms with Gasteiger partial charge in [-0.25, -0.2) is 0 Å². The average Bonchev–Trinajstić information content (AvgIpc) is 2.35. The van der Waals surface area contributed by atoms with E-state index >= 15 is 0 Å². The van der Waals surface area contributed by atoms with Crippen molar-refractivity contribution in [3.63, 3.8) is 0 Å². The second-order valence-electron chi connectivity index (χ2n) is 4.87. The van der Waals surface area contributed by atoms with Gasteiger partial charge >= 0.3 is 6.18 Å². The standard InChI is InChI=1S/C13H16F3N3O/c14-13(15,16)8-18-12(20)7-19-6-10(17)5-9-3-1-2-4-11(9)19/h1-4,10H,5-8,17H2,(H,18,20). The Kier molecular flexibility index (Phi) is 4.17. The van der Waals surface area contributed by atoms with Crippen LogP contribution >= 0.6 is 0 Å². The minimum absolute atomic E-state index is 0.124. The smallest absolute Gasteiger partial charge is 0.360 e. The van der Waals surface area contributed by atoms with Gasteiger partial charge < -0.3 is 16.0 Å². The lowest BCUT2D eigenvalue weighted by Gasteiger charge is -2.34. The number of anilines is 1. The summed E-state index contributed by atoms with van der Waals surface area (Å²) in [5.41, 5.74) is 7.77. The first-order valence-corrected chi connectivity index (χ1v) is 6.27. The van der Waals surface area contributed by atoms with Gasteiger partial charge in [0.2, 0.25) is 5.91 Å². The third kappa shape index (κ3) is 3.86. The van der Waals surface area contributed by atoms with E-state index in [4.69, 9.17) is 5.73 Å². The summed E-state index contributed by atoms with van der Waals surface area (Å²) in [6.07, 6.45) is -3.69. The van der Waals surface area contributed by atoms with Gasteiger partial charge in [0.25, 0.3) is 0 Å². The number of nitrogens with zero attached hydrogens (tertiary/aromatic N) is 1. The summed E-state index contributed by atoms with van der Waals surface area (Å²) in [6.45, 7) is -0.982. The fourth-order valence-electron chi connectivity index (χ4n) is 2.30. The van der Waals surface area contributed by atoms with Crippen molar-refractivity contribution in [1.82, 2.24) is 5.32 Å². The number of carbonyl (C=O) groups excluding carboxylic acids is 1. The number of rotatable bonds is 3. The zero-order chi connectivity index (χ0) is 14.8. The minimum Gasteiger partial charge on any atom is -0.360 e. The summed E-state index contributed by atoms with van der Waals surface area (Å²) in [7, 11) is 0. The van der Waals surface area contributed by atoms with Gasteiger partial charge in [-0.3, -0.25) is 4.79 Å². The number of nitrogens with two attached hydrogens (primary N) is 1. The number of nitrogens with one attached hydrogen (secondary N) is 1.